The molecular formula is C50H55N3O7. The van der Waals surface area contributed by atoms with Gasteiger partial charge >= 0.3 is 5.97 Å². The minimum absolute atomic E-state index is 0.0332. The molecule has 0 aromatic heterocycles. The van der Waals surface area contributed by atoms with E-state index in [0.717, 1.165) is 54.5 Å². The molecule has 3 atom stereocenters. The molecule has 312 valence electrons. The molecule has 0 spiro atoms. The van der Waals surface area contributed by atoms with E-state index in [1.807, 2.05) is 36.4 Å². The predicted molar refractivity (Wildman–Crippen MR) is 233 cm³/mol. The van der Waals surface area contributed by atoms with Gasteiger partial charge in [0, 0.05) is 24.4 Å². The second-order valence-electron chi connectivity index (χ2n) is 16.8. The summed E-state index contributed by atoms with van der Waals surface area (Å²) in [6.45, 7) is 6.62. The summed E-state index contributed by atoms with van der Waals surface area (Å²) in [7, 11) is 0. The molecule has 1 heterocycles. The third-order valence-corrected chi connectivity index (χ3v) is 11.4. The highest BCUT2D eigenvalue weighted by molar-refractivity contribution is 6.01. The van der Waals surface area contributed by atoms with Crippen molar-refractivity contribution in [3.8, 4) is 28.4 Å². The molecule has 7 rings (SSSR count). The Morgan fingerprint density at radius 2 is 1.53 bits per heavy atom. The van der Waals surface area contributed by atoms with E-state index in [4.69, 9.17) is 25.7 Å². The van der Waals surface area contributed by atoms with E-state index in [-0.39, 0.29) is 31.2 Å². The van der Waals surface area contributed by atoms with Crippen molar-refractivity contribution >= 4 is 23.5 Å². The number of ether oxygens (including phenoxy) is 3. The van der Waals surface area contributed by atoms with Crippen molar-refractivity contribution < 1.29 is 33.7 Å². The molecular weight excluding hydrogens is 755 g/mol. The number of hydrogen-bond acceptors (Lipinski definition) is 8. The molecule has 2 aliphatic rings. The smallest absolute Gasteiger partial charge is 0.306 e. The zero-order valence-corrected chi connectivity index (χ0v) is 34.7. The topological polar surface area (TPSA) is 154 Å². The summed E-state index contributed by atoms with van der Waals surface area (Å²) in [5.74, 6) is 0.874. The summed E-state index contributed by atoms with van der Waals surface area (Å²) in [6, 6.07) is 35.2. The Morgan fingerprint density at radius 3 is 2.27 bits per heavy atom. The fraction of sp³-hybridized carbons (Fsp3) is 0.340. The first-order chi connectivity index (χ1) is 28.8. The largest absolute Gasteiger partial charge is 0.508 e. The molecule has 1 aliphatic carbocycles. The van der Waals surface area contributed by atoms with Gasteiger partial charge in [0.25, 0.3) is 5.91 Å². The Balaban J connectivity index is 0.892. The standard InChI is InChI=1S/C50H55N3O7/c1-50(2,3)60-46(55)25-24-44(48(52)56)53-31-37-28-34(14-21-42(37)49(53)57)35-16-23-43(51)45(30-35)59-27-9-5-8-26-58-39-18-12-33(13-19-39)47-40(32-10-6-4-7-11-32)20-15-36-29-38(54)17-22-41(36)47/h4,6-7,10-14,16-19,21-23,28-30,40,44,47,54H,5,8-9,15,20,24-27,31,51H2,1-3H3,(H2,52,56)/t40-,44+,47+/m1/s1. The summed E-state index contributed by atoms with van der Waals surface area (Å²) in [5.41, 5.74) is 20.0. The van der Waals surface area contributed by atoms with Gasteiger partial charge in [-0.05, 0) is 153 Å². The zero-order chi connectivity index (χ0) is 42.4. The highest BCUT2D eigenvalue weighted by Crippen LogP contribution is 2.47. The molecule has 0 unspecified atom stereocenters. The second kappa shape index (κ2) is 18.3. The van der Waals surface area contributed by atoms with E-state index in [1.54, 1.807) is 32.9 Å². The number of aryl methyl sites for hydroxylation is 1. The van der Waals surface area contributed by atoms with Crippen LogP contribution >= 0.6 is 0 Å². The summed E-state index contributed by atoms with van der Waals surface area (Å²) < 4.78 is 17.7. The number of phenols is 1. The minimum atomic E-state index is -0.937. The lowest BCUT2D eigenvalue weighted by molar-refractivity contribution is -0.155. The molecule has 5 aromatic rings. The van der Waals surface area contributed by atoms with Crippen LogP contribution in [0.4, 0.5) is 5.69 Å². The first kappa shape index (κ1) is 41.9. The Morgan fingerprint density at radius 1 is 0.817 bits per heavy atom. The molecule has 5 N–H and O–H groups in total. The van der Waals surface area contributed by atoms with Gasteiger partial charge in [-0.15, -0.1) is 0 Å². The predicted octanol–water partition coefficient (Wildman–Crippen LogP) is 9.06. The number of benzene rings is 5. The van der Waals surface area contributed by atoms with Crippen LogP contribution in [-0.2, 0) is 27.3 Å². The van der Waals surface area contributed by atoms with Crippen molar-refractivity contribution in [3.05, 3.63) is 143 Å². The Hall–Kier alpha value is -6.29. The summed E-state index contributed by atoms with van der Waals surface area (Å²) in [6.07, 6.45) is 4.63. The fourth-order valence-corrected chi connectivity index (χ4v) is 8.51. The number of nitrogens with zero attached hydrogens (tertiary/aromatic N) is 1. The SMILES string of the molecule is CC(C)(C)OC(=O)CC[C@@H](C(N)=O)N1Cc2cc(-c3ccc(N)c(OCCCCCOc4ccc([C@@H]5c6ccc(O)cc6CC[C@@H]5c5ccccc5)cc4)c3)ccc2C1=O. The van der Waals surface area contributed by atoms with E-state index < -0.39 is 23.5 Å². The van der Waals surface area contributed by atoms with Gasteiger partial charge < -0.3 is 35.7 Å². The first-order valence-electron chi connectivity index (χ1n) is 20.9. The summed E-state index contributed by atoms with van der Waals surface area (Å²) in [5, 5.41) is 10.2. The Kier molecular flexibility index (Phi) is 12.8. The number of carbonyl (C=O) groups is 3. The number of amides is 2. The van der Waals surface area contributed by atoms with E-state index in [2.05, 4.69) is 60.7 Å². The number of nitrogen functional groups attached to an aromatic ring is 1. The van der Waals surface area contributed by atoms with Crippen molar-refractivity contribution in [3.63, 3.8) is 0 Å². The second-order valence-corrected chi connectivity index (χ2v) is 16.8. The monoisotopic (exact) mass is 809 g/mol. The van der Waals surface area contributed by atoms with Gasteiger partial charge in [0.2, 0.25) is 5.91 Å². The van der Waals surface area contributed by atoms with Crippen molar-refractivity contribution in [1.82, 2.24) is 4.90 Å². The minimum Gasteiger partial charge on any atom is -0.508 e. The number of primary amides is 1. The molecule has 2 amide bonds. The number of rotatable bonds is 16. The van der Waals surface area contributed by atoms with Gasteiger partial charge in [0.05, 0.1) is 18.9 Å². The van der Waals surface area contributed by atoms with Gasteiger partial charge in [-0.3, -0.25) is 14.4 Å². The average Bonchev–Trinajstić information content (AvgIpc) is 3.55. The van der Waals surface area contributed by atoms with Crippen LogP contribution in [0.15, 0.2) is 109 Å². The van der Waals surface area contributed by atoms with Gasteiger partial charge in [0.1, 0.15) is 28.9 Å². The van der Waals surface area contributed by atoms with Gasteiger partial charge in [-0.2, -0.15) is 0 Å². The van der Waals surface area contributed by atoms with Crippen molar-refractivity contribution in [2.45, 2.75) is 95.7 Å². The quantitative estimate of drug-likeness (QED) is 0.0507. The van der Waals surface area contributed by atoms with E-state index in [0.29, 0.717) is 41.9 Å². The first-order valence-corrected chi connectivity index (χ1v) is 20.9. The van der Waals surface area contributed by atoms with Crippen LogP contribution in [0, 0.1) is 0 Å². The lowest BCUT2D eigenvalue weighted by Crippen LogP contribution is -2.45. The van der Waals surface area contributed by atoms with Crippen molar-refractivity contribution in [2.75, 3.05) is 18.9 Å². The number of phenolic OH excluding ortho intramolecular Hbond substituents is 1. The third kappa shape index (κ3) is 9.93. The van der Waals surface area contributed by atoms with Crippen LogP contribution in [0.1, 0.15) is 109 Å². The number of anilines is 1. The van der Waals surface area contributed by atoms with Crippen LogP contribution in [0.2, 0.25) is 0 Å². The number of esters is 1. The number of fused-ring (bicyclic) bond motifs is 2. The van der Waals surface area contributed by atoms with Crippen LogP contribution in [-0.4, -0.2) is 52.6 Å². The van der Waals surface area contributed by atoms with Gasteiger partial charge in [0.15, 0.2) is 0 Å². The summed E-state index contributed by atoms with van der Waals surface area (Å²) in [4.78, 5) is 39.6. The molecule has 60 heavy (non-hydrogen) atoms. The number of aromatic hydroxyl groups is 1. The molecule has 1 aliphatic heterocycles. The number of unbranched alkanes of at least 4 members (excludes halogenated alkanes) is 2. The number of carbonyl (C=O) groups excluding carboxylic acids is 3. The molecule has 0 radical (unpaired) electrons. The van der Waals surface area contributed by atoms with Crippen molar-refractivity contribution in [1.29, 1.82) is 0 Å². The Bertz CT molecular complexity index is 2320. The lowest BCUT2D eigenvalue weighted by Gasteiger charge is -2.34. The maximum absolute atomic E-state index is 13.4. The normalized spacial score (nSPS) is 16.4. The molecule has 5 aromatic carbocycles. The van der Waals surface area contributed by atoms with Crippen molar-refractivity contribution in [2.24, 2.45) is 5.73 Å². The van der Waals surface area contributed by atoms with Crippen LogP contribution in [0.5, 0.6) is 17.2 Å². The number of nitrogens with two attached hydrogens (primary N) is 2. The number of hydrogen-bond donors (Lipinski definition) is 3. The van der Waals surface area contributed by atoms with Gasteiger partial charge in [-0.25, -0.2) is 0 Å². The van der Waals surface area contributed by atoms with E-state index >= 15 is 0 Å². The maximum atomic E-state index is 13.4. The molecule has 10 nitrogen and oxygen atoms in total. The Labute approximate surface area is 352 Å². The maximum Gasteiger partial charge on any atom is 0.306 e. The van der Waals surface area contributed by atoms with Crippen LogP contribution < -0.4 is 20.9 Å². The van der Waals surface area contributed by atoms with Crippen LogP contribution in [0.25, 0.3) is 11.1 Å². The molecule has 0 saturated heterocycles. The van der Waals surface area contributed by atoms with Gasteiger partial charge in [-0.1, -0.05) is 60.7 Å². The molecule has 0 bridgehead atoms. The fourth-order valence-electron chi connectivity index (χ4n) is 8.51. The zero-order valence-electron chi connectivity index (χ0n) is 34.7. The molecule has 0 fully saturated rings. The lowest BCUT2D eigenvalue weighted by atomic mass is 9.69. The third-order valence-electron chi connectivity index (χ3n) is 11.4. The highest BCUT2D eigenvalue weighted by Gasteiger charge is 2.36. The van der Waals surface area contributed by atoms with Crippen LogP contribution in [0.3, 0.4) is 0 Å². The van der Waals surface area contributed by atoms with E-state index in [1.165, 1.54) is 27.2 Å². The van der Waals surface area contributed by atoms with E-state index in [9.17, 15) is 19.5 Å². The average molecular weight is 810 g/mol. The summed E-state index contributed by atoms with van der Waals surface area (Å²) >= 11 is 0. The molecule has 0 saturated carbocycles. The highest BCUT2D eigenvalue weighted by atomic mass is 16.6. The molecule has 10 heteroatoms.